The van der Waals surface area contributed by atoms with Crippen LogP contribution in [0.15, 0.2) is 53.9 Å². The van der Waals surface area contributed by atoms with Crippen molar-refractivity contribution in [1.29, 1.82) is 0 Å². The van der Waals surface area contributed by atoms with Crippen molar-refractivity contribution >= 4 is 51.2 Å². The van der Waals surface area contributed by atoms with Crippen molar-refractivity contribution in [1.82, 2.24) is 5.32 Å². The van der Waals surface area contributed by atoms with E-state index < -0.39 is 6.10 Å². The number of carbonyl (C=O) groups excluding carboxylic acids is 1. The predicted molar refractivity (Wildman–Crippen MR) is 103 cm³/mol. The van der Waals surface area contributed by atoms with E-state index in [1.54, 1.807) is 0 Å². The van der Waals surface area contributed by atoms with Crippen LogP contribution in [0.3, 0.4) is 0 Å². The standard InChI is InChI=1S/C17H14INO2S2/c18-13-5-2-1-4-12(13)17(21)19-10-11-7-8-15(23-11)16(20)14-6-3-9-22-14/h1-9,16,20H,10H2,(H,19,21). The van der Waals surface area contributed by atoms with Crippen molar-refractivity contribution in [2.24, 2.45) is 0 Å². The molecule has 0 bridgehead atoms. The lowest BCUT2D eigenvalue weighted by molar-refractivity contribution is 0.0950. The van der Waals surface area contributed by atoms with Crippen LogP contribution in [0, 0.1) is 3.57 Å². The lowest BCUT2D eigenvalue weighted by atomic mass is 10.2. The quantitative estimate of drug-likeness (QED) is 0.560. The summed E-state index contributed by atoms with van der Waals surface area (Å²) in [6.07, 6.45) is -0.584. The number of aliphatic hydroxyl groups is 1. The van der Waals surface area contributed by atoms with Gasteiger partial charge in [0.25, 0.3) is 5.91 Å². The maximum absolute atomic E-state index is 12.2. The maximum atomic E-state index is 12.2. The second-order valence-corrected chi connectivity index (χ2v) is 8.23. The molecule has 0 aliphatic carbocycles. The molecule has 3 nitrogen and oxygen atoms in total. The number of rotatable bonds is 5. The molecule has 0 aliphatic heterocycles. The molecule has 2 N–H and O–H groups in total. The van der Waals surface area contributed by atoms with Crippen LogP contribution in [0.4, 0.5) is 0 Å². The zero-order valence-corrected chi connectivity index (χ0v) is 15.8. The molecule has 0 saturated carbocycles. The topological polar surface area (TPSA) is 49.3 Å². The van der Waals surface area contributed by atoms with Crippen LogP contribution in [0.25, 0.3) is 0 Å². The van der Waals surface area contributed by atoms with Gasteiger partial charge >= 0.3 is 0 Å². The summed E-state index contributed by atoms with van der Waals surface area (Å²) >= 11 is 5.22. The molecule has 2 heterocycles. The first-order chi connectivity index (χ1) is 11.1. The summed E-state index contributed by atoms with van der Waals surface area (Å²) in [5.41, 5.74) is 0.684. The van der Waals surface area contributed by atoms with Crippen molar-refractivity contribution < 1.29 is 9.90 Å². The summed E-state index contributed by atoms with van der Waals surface area (Å²) in [4.78, 5) is 15.1. The molecule has 23 heavy (non-hydrogen) atoms. The van der Waals surface area contributed by atoms with Crippen LogP contribution in [0.1, 0.15) is 31.1 Å². The minimum atomic E-state index is -0.584. The summed E-state index contributed by atoms with van der Waals surface area (Å²) in [7, 11) is 0. The summed E-state index contributed by atoms with van der Waals surface area (Å²) in [5.74, 6) is -0.0799. The Morgan fingerprint density at radius 1 is 1.13 bits per heavy atom. The van der Waals surface area contributed by atoms with Gasteiger partial charge in [-0.15, -0.1) is 22.7 Å². The maximum Gasteiger partial charge on any atom is 0.252 e. The summed E-state index contributed by atoms with van der Waals surface area (Å²) in [5, 5.41) is 15.2. The molecule has 0 radical (unpaired) electrons. The number of benzene rings is 1. The molecular formula is C17H14INO2S2. The van der Waals surface area contributed by atoms with Gasteiger partial charge in [-0.05, 0) is 58.3 Å². The van der Waals surface area contributed by atoms with Gasteiger partial charge in [0, 0.05) is 18.2 Å². The minimum Gasteiger partial charge on any atom is -0.382 e. The lowest BCUT2D eigenvalue weighted by Crippen LogP contribution is -2.23. The fraction of sp³-hybridized carbons (Fsp3) is 0.118. The zero-order valence-electron chi connectivity index (χ0n) is 12.0. The second kappa shape index (κ2) is 7.57. The van der Waals surface area contributed by atoms with Gasteiger partial charge < -0.3 is 10.4 Å². The van der Waals surface area contributed by atoms with Gasteiger partial charge in [0.1, 0.15) is 6.10 Å². The highest BCUT2D eigenvalue weighted by molar-refractivity contribution is 14.1. The SMILES string of the molecule is O=C(NCc1ccc(C(O)c2cccs2)s1)c1ccccc1I. The van der Waals surface area contributed by atoms with Crippen molar-refractivity contribution in [3.05, 3.63) is 77.7 Å². The average Bonchev–Trinajstić information content (AvgIpc) is 3.24. The Balaban J connectivity index is 1.64. The van der Waals surface area contributed by atoms with Gasteiger partial charge in [-0.2, -0.15) is 0 Å². The van der Waals surface area contributed by atoms with Gasteiger partial charge in [-0.3, -0.25) is 4.79 Å². The van der Waals surface area contributed by atoms with Crippen LogP contribution in [0.5, 0.6) is 0 Å². The van der Waals surface area contributed by atoms with Gasteiger partial charge in [-0.25, -0.2) is 0 Å². The average molecular weight is 455 g/mol. The first kappa shape index (κ1) is 16.6. The largest absolute Gasteiger partial charge is 0.382 e. The highest BCUT2D eigenvalue weighted by Gasteiger charge is 2.14. The molecule has 1 unspecified atom stereocenters. The number of carbonyl (C=O) groups is 1. The normalized spacial score (nSPS) is 12.1. The van der Waals surface area contributed by atoms with E-state index in [-0.39, 0.29) is 5.91 Å². The third-order valence-corrected chi connectivity index (χ3v) is 6.31. The fourth-order valence-electron chi connectivity index (χ4n) is 2.13. The minimum absolute atomic E-state index is 0.0799. The van der Waals surface area contributed by atoms with Crippen molar-refractivity contribution in [3.63, 3.8) is 0 Å². The Hall–Kier alpha value is -1.22. The van der Waals surface area contributed by atoms with Crippen LogP contribution < -0.4 is 5.32 Å². The Kier molecular flexibility index (Phi) is 5.47. The predicted octanol–water partition coefficient (Wildman–Crippen LogP) is 4.43. The number of amides is 1. The van der Waals surface area contributed by atoms with Gasteiger partial charge in [0.2, 0.25) is 0 Å². The highest BCUT2D eigenvalue weighted by atomic mass is 127. The number of halogens is 1. The molecule has 0 saturated heterocycles. The Bertz CT molecular complexity index is 799. The smallest absolute Gasteiger partial charge is 0.252 e. The molecule has 1 aromatic carbocycles. The Morgan fingerprint density at radius 2 is 1.96 bits per heavy atom. The van der Waals surface area contributed by atoms with Crippen molar-refractivity contribution in [2.45, 2.75) is 12.6 Å². The number of aliphatic hydroxyl groups excluding tert-OH is 1. The van der Waals surface area contributed by atoms with E-state index in [0.717, 1.165) is 18.2 Å². The van der Waals surface area contributed by atoms with Crippen LogP contribution in [-0.2, 0) is 6.54 Å². The first-order valence-corrected chi connectivity index (χ1v) is 9.75. The summed E-state index contributed by atoms with van der Waals surface area (Å²) in [6.45, 7) is 0.464. The van der Waals surface area contributed by atoms with Gasteiger partial charge in [0.15, 0.2) is 0 Å². The second-order valence-electron chi connectivity index (χ2n) is 4.88. The van der Waals surface area contributed by atoms with Crippen LogP contribution >= 0.6 is 45.3 Å². The van der Waals surface area contributed by atoms with E-state index in [1.165, 1.54) is 22.7 Å². The third-order valence-electron chi connectivity index (χ3n) is 3.31. The first-order valence-electron chi connectivity index (χ1n) is 6.98. The van der Waals surface area contributed by atoms with Crippen LogP contribution in [0.2, 0.25) is 0 Å². The molecule has 1 amide bonds. The fourth-order valence-corrected chi connectivity index (χ4v) is 4.52. The lowest BCUT2D eigenvalue weighted by Gasteiger charge is -2.06. The number of hydrogen-bond donors (Lipinski definition) is 2. The van der Waals surface area contributed by atoms with Crippen molar-refractivity contribution in [3.8, 4) is 0 Å². The monoisotopic (exact) mass is 455 g/mol. The van der Waals surface area contributed by atoms with E-state index in [9.17, 15) is 9.90 Å². The van der Waals surface area contributed by atoms with E-state index in [4.69, 9.17) is 0 Å². The summed E-state index contributed by atoms with van der Waals surface area (Å²) < 4.78 is 0.933. The third kappa shape index (κ3) is 4.00. The molecule has 6 heteroatoms. The number of thiophene rings is 2. The number of nitrogens with one attached hydrogen (secondary N) is 1. The molecule has 3 rings (SSSR count). The van der Waals surface area contributed by atoms with Gasteiger partial charge in [-0.1, -0.05) is 18.2 Å². The molecule has 3 aromatic rings. The molecule has 2 aromatic heterocycles. The molecule has 118 valence electrons. The van der Waals surface area contributed by atoms with Gasteiger partial charge in [0.05, 0.1) is 12.1 Å². The highest BCUT2D eigenvalue weighted by Crippen LogP contribution is 2.30. The number of hydrogen-bond acceptors (Lipinski definition) is 4. The van der Waals surface area contributed by atoms with E-state index in [2.05, 4.69) is 27.9 Å². The molecule has 0 fully saturated rings. The zero-order chi connectivity index (χ0) is 16.2. The molecule has 0 spiro atoms. The van der Waals surface area contributed by atoms with E-state index in [1.807, 2.05) is 53.9 Å². The Morgan fingerprint density at radius 3 is 2.70 bits per heavy atom. The van der Waals surface area contributed by atoms with E-state index in [0.29, 0.717) is 12.1 Å². The Labute approximate surface area is 156 Å². The van der Waals surface area contributed by atoms with E-state index >= 15 is 0 Å². The van der Waals surface area contributed by atoms with Crippen molar-refractivity contribution in [2.75, 3.05) is 0 Å². The van der Waals surface area contributed by atoms with Crippen LogP contribution in [-0.4, -0.2) is 11.0 Å². The molecular weight excluding hydrogens is 441 g/mol. The molecule has 0 aliphatic rings. The summed E-state index contributed by atoms with van der Waals surface area (Å²) in [6, 6.07) is 15.2. The molecule has 1 atom stereocenters.